The minimum Gasteiger partial charge on any atom is -0.423 e. The number of fused-ring (bicyclic) bond motifs is 3. The van der Waals surface area contributed by atoms with E-state index in [1.54, 1.807) is 0 Å². The quantitative estimate of drug-likeness (QED) is 0.858. The molecule has 3 aliphatic rings. The third kappa shape index (κ3) is 3.62. The van der Waals surface area contributed by atoms with Crippen molar-refractivity contribution in [3.63, 3.8) is 0 Å². The van der Waals surface area contributed by atoms with Gasteiger partial charge in [-0.25, -0.2) is 0 Å². The number of piperidine rings is 2. The molecule has 1 aromatic heterocycles. The van der Waals surface area contributed by atoms with Crippen LogP contribution in [0, 0.1) is 0 Å². The maximum absolute atomic E-state index is 13.1. The van der Waals surface area contributed by atoms with E-state index in [4.69, 9.17) is 9.40 Å². The van der Waals surface area contributed by atoms with Crippen molar-refractivity contribution in [2.75, 3.05) is 45.2 Å². The number of oxazole rings is 1. The van der Waals surface area contributed by atoms with Gasteiger partial charge in [0.15, 0.2) is 5.58 Å². The Morgan fingerprint density at radius 1 is 1.10 bits per heavy atom. The van der Waals surface area contributed by atoms with Crippen molar-refractivity contribution in [1.82, 2.24) is 20.1 Å². The van der Waals surface area contributed by atoms with E-state index in [1.807, 2.05) is 18.2 Å². The Balaban J connectivity index is 1.34. The molecule has 1 amide bonds. The van der Waals surface area contributed by atoms with E-state index in [0.29, 0.717) is 34.8 Å². The number of piperazine rings is 1. The number of anilines is 1. The first-order valence-electron chi connectivity index (χ1n) is 10.9. The maximum atomic E-state index is 13.1. The molecule has 1 N–H and O–H groups in total. The van der Waals surface area contributed by atoms with E-state index >= 15 is 0 Å². The monoisotopic (exact) mass is 397 g/mol. The number of likely N-dealkylation sites (N-methyl/N-ethyl adjacent to an activating group) is 1. The molecule has 0 spiro atoms. The van der Waals surface area contributed by atoms with Crippen LogP contribution in [0.4, 0.5) is 6.01 Å². The topological polar surface area (TPSA) is 64.8 Å². The molecule has 7 nitrogen and oxygen atoms in total. The highest BCUT2D eigenvalue weighted by atomic mass is 16.4. The molecule has 2 bridgehead atoms. The zero-order chi connectivity index (χ0) is 20.0. The predicted octanol–water partition coefficient (Wildman–Crippen LogP) is 2.32. The number of nitrogens with one attached hydrogen (secondary N) is 1. The number of nitrogens with zero attached hydrogens (tertiary/aromatic N) is 4. The number of hydrogen-bond donors (Lipinski definition) is 1. The summed E-state index contributed by atoms with van der Waals surface area (Å²) in [4.78, 5) is 24.8. The molecule has 0 radical (unpaired) electrons. The van der Waals surface area contributed by atoms with Crippen molar-refractivity contribution in [1.29, 1.82) is 0 Å². The van der Waals surface area contributed by atoms with Crippen LogP contribution in [-0.4, -0.2) is 79.1 Å². The molecule has 5 rings (SSSR count). The van der Waals surface area contributed by atoms with E-state index < -0.39 is 0 Å². The summed E-state index contributed by atoms with van der Waals surface area (Å²) >= 11 is 0. The molecule has 0 saturated carbocycles. The second-order valence-corrected chi connectivity index (χ2v) is 8.98. The summed E-state index contributed by atoms with van der Waals surface area (Å²) in [5, 5.41) is 3.30. The number of carbonyl (C=O) groups excluding carboxylic acids is 1. The largest absolute Gasteiger partial charge is 0.423 e. The number of carbonyl (C=O) groups is 1. The van der Waals surface area contributed by atoms with Gasteiger partial charge >= 0.3 is 0 Å². The molecular formula is C22H31N5O2. The van der Waals surface area contributed by atoms with Gasteiger partial charge in [-0.3, -0.25) is 4.79 Å². The fourth-order valence-electron chi connectivity index (χ4n) is 5.25. The maximum Gasteiger partial charge on any atom is 0.298 e. The standard InChI is InChI=1S/C22H31N5O2/c1-25-9-11-27(12-10-25)22-24-20-18(7-4-8-19(20)29-22)21(28)23-15-13-16-5-3-6-17(14-15)26(16)2/h4,7-8,15-17H,3,5-6,9-14H2,1-2H3,(H,23,28). The fourth-order valence-corrected chi connectivity index (χ4v) is 5.25. The van der Waals surface area contributed by atoms with Crippen molar-refractivity contribution in [2.24, 2.45) is 0 Å². The first kappa shape index (κ1) is 18.9. The lowest BCUT2D eigenvalue weighted by atomic mass is 9.82. The number of para-hydroxylation sites is 1. The van der Waals surface area contributed by atoms with Gasteiger partial charge in [0.05, 0.1) is 5.56 Å². The third-order valence-corrected chi connectivity index (χ3v) is 7.10. The summed E-state index contributed by atoms with van der Waals surface area (Å²) < 4.78 is 6.01. The Hall–Kier alpha value is -2.12. The second kappa shape index (κ2) is 7.61. The van der Waals surface area contributed by atoms with Crippen LogP contribution in [0.15, 0.2) is 22.6 Å². The second-order valence-electron chi connectivity index (χ2n) is 8.98. The number of hydrogen-bond acceptors (Lipinski definition) is 6. The van der Waals surface area contributed by atoms with E-state index in [0.717, 1.165) is 39.0 Å². The van der Waals surface area contributed by atoms with Gasteiger partial charge in [-0.1, -0.05) is 12.5 Å². The molecule has 3 aliphatic heterocycles. The molecular weight excluding hydrogens is 366 g/mol. The number of amides is 1. The van der Waals surface area contributed by atoms with Crippen LogP contribution in [-0.2, 0) is 0 Å². The third-order valence-electron chi connectivity index (χ3n) is 7.10. The highest BCUT2D eigenvalue weighted by Gasteiger charge is 2.36. The van der Waals surface area contributed by atoms with E-state index in [1.165, 1.54) is 19.3 Å². The number of rotatable bonds is 3. The van der Waals surface area contributed by atoms with Crippen LogP contribution in [0.2, 0.25) is 0 Å². The highest BCUT2D eigenvalue weighted by Crippen LogP contribution is 2.33. The molecule has 29 heavy (non-hydrogen) atoms. The molecule has 156 valence electrons. The van der Waals surface area contributed by atoms with Crippen LogP contribution in [0.1, 0.15) is 42.5 Å². The molecule has 2 atom stereocenters. The Bertz CT molecular complexity index is 874. The predicted molar refractivity (Wildman–Crippen MR) is 113 cm³/mol. The van der Waals surface area contributed by atoms with Gasteiger partial charge in [0.25, 0.3) is 11.9 Å². The average molecular weight is 398 g/mol. The molecule has 0 aliphatic carbocycles. The molecule has 3 saturated heterocycles. The van der Waals surface area contributed by atoms with Gasteiger partial charge < -0.3 is 24.4 Å². The Kier molecular flexibility index (Phi) is 4.95. The van der Waals surface area contributed by atoms with Crippen LogP contribution >= 0.6 is 0 Å². The van der Waals surface area contributed by atoms with Crippen molar-refractivity contribution >= 4 is 23.0 Å². The highest BCUT2D eigenvalue weighted by molar-refractivity contribution is 6.04. The van der Waals surface area contributed by atoms with Gasteiger partial charge in [-0.2, -0.15) is 4.98 Å². The first-order chi connectivity index (χ1) is 14.1. The van der Waals surface area contributed by atoms with Gasteiger partial charge in [-0.15, -0.1) is 0 Å². The van der Waals surface area contributed by atoms with Crippen LogP contribution in [0.5, 0.6) is 0 Å². The summed E-state index contributed by atoms with van der Waals surface area (Å²) in [6, 6.07) is 7.72. The first-order valence-corrected chi connectivity index (χ1v) is 10.9. The van der Waals surface area contributed by atoms with Crippen molar-refractivity contribution in [3.8, 4) is 0 Å². The van der Waals surface area contributed by atoms with Crippen molar-refractivity contribution < 1.29 is 9.21 Å². The van der Waals surface area contributed by atoms with Crippen LogP contribution in [0.3, 0.4) is 0 Å². The molecule has 3 fully saturated rings. The van der Waals surface area contributed by atoms with Crippen LogP contribution in [0.25, 0.3) is 11.1 Å². The summed E-state index contributed by atoms with van der Waals surface area (Å²) in [6.45, 7) is 3.77. The minimum absolute atomic E-state index is 0.0264. The average Bonchev–Trinajstić information content (AvgIpc) is 3.13. The SMILES string of the molecule is CN1CCN(c2nc3c(C(=O)NC4CC5CCCC(C4)N5C)cccc3o2)CC1. The van der Waals surface area contributed by atoms with Gasteiger partial charge in [0.2, 0.25) is 0 Å². The molecule has 4 heterocycles. The summed E-state index contributed by atoms with van der Waals surface area (Å²) in [6.07, 6.45) is 5.88. The van der Waals surface area contributed by atoms with E-state index in [9.17, 15) is 4.79 Å². The summed E-state index contributed by atoms with van der Waals surface area (Å²) in [7, 11) is 4.37. The minimum atomic E-state index is -0.0264. The number of aromatic nitrogens is 1. The van der Waals surface area contributed by atoms with E-state index in [-0.39, 0.29) is 11.9 Å². The Labute approximate surface area is 172 Å². The molecule has 1 aromatic carbocycles. The normalized spacial score (nSPS) is 28.6. The number of benzene rings is 1. The molecule has 2 aromatic rings. The van der Waals surface area contributed by atoms with E-state index in [2.05, 4.69) is 34.1 Å². The molecule has 2 unspecified atom stereocenters. The van der Waals surface area contributed by atoms with Gasteiger partial charge in [0, 0.05) is 44.3 Å². The van der Waals surface area contributed by atoms with Gasteiger partial charge in [-0.05, 0) is 51.9 Å². The lowest BCUT2D eigenvalue weighted by Gasteiger charge is -2.47. The fraction of sp³-hybridized carbons (Fsp3) is 0.636. The molecule has 7 heteroatoms. The summed E-state index contributed by atoms with van der Waals surface area (Å²) in [5.74, 6) is -0.0264. The van der Waals surface area contributed by atoms with Crippen molar-refractivity contribution in [3.05, 3.63) is 23.8 Å². The Morgan fingerprint density at radius 3 is 2.55 bits per heavy atom. The zero-order valence-electron chi connectivity index (χ0n) is 17.4. The summed E-state index contributed by atoms with van der Waals surface area (Å²) in [5.41, 5.74) is 1.98. The smallest absolute Gasteiger partial charge is 0.298 e. The van der Waals surface area contributed by atoms with Crippen molar-refractivity contribution in [2.45, 2.75) is 50.2 Å². The zero-order valence-corrected chi connectivity index (χ0v) is 17.4. The lowest BCUT2D eigenvalue weighted by molar-refractivity contribution is 0.0463. The Morgan fingerprint density at radius 2 is 1.83 bits per heavy atom. The van der Waals surface area contributed by atoms with Crippen LogP contribution < -0.4 is 10.2 Å². The van der Waals surface area contributed by atoms with Gasteiger partial charge in [0.1, 0.15) is 5.52 Å². The lowest BCUT2D eigenvalue weighted by Crippen LogP contribution is -2.55.